The first-order chi connectivity index (χ1) is 14.9. The number of nitrogens with zero attached hydrogens (tertiary/aromatic N) is 3. The molecule has 174 valence electrons. The van der Waals surface area contributed by atoms with Gasteiger partial charge >= 0.3 is 18.2 Å². The molecule has 1 aromatic heterocycles. The molecular weight excluding hydrogens is 451 g/mol. The van der Waals surface area contributed by atoms with Crippen LogP contribution in [0.15, 0.2) is 36.7 Å². The summed E-state index contributed by atoms with van der Waals surface area (Å²) in [5.74, 6) is -0.498. The molecule has 0 bridgehead atoms. The van der Waals surface area contributed by atoms with Gasteiger partial charge in [0.2, 0.25) is 6.10 Å². The summed E-state index contributed by atoms with van der Waals surface area (Å²) >= 11 is 6.03. The van der Waals surface area contributed by atoms with E-state index in [1.807, 2.05) is 0 Å². The molecule has 32 heavy (non-hydrogen) atoms. The van der Waals surface area contributed by atoms with Gasteiger partial charge in [0, 0.05) is 24.5 Å². The van der Waals surface area contributed by atoms with Gasteiger partial charge in [-0.05, 0) is 44.5 Å². The van der Waals surface area contributed by atoms with Gasteiger partial charge in [-0.25, -0.2) is 19.6 Å². The van der Waals surface area contributed by atoms with Crippen molar-refractivity contribution in [1.29, 1.82) is 0 Å². The Balaban J connectivity index is 2.18. The molecule has 0 spiro atoms. The lowest BCUT2D eigenvalue weighted by Gasteiger charge is -2.27. The number of benzene rings is 1. The van der Waals surface area contributed by atoms with Gasteiger partial charge in [-0.2, -0.15) is 13.2 Å². The maximum atomic E-state index is 12.9. The van der Waals surface area contributed by atoms with E-state index in [-0.39, 0.29) is 22.8 Å². The summed E-state index contributed by atoms with van der Waals surface area (Å²) in [6.07, 6.45) is -4.34. The number of amides is 1. The summed E-state index contributed by atoms with van der Waals surface area (Å²) in [6, 6.07) is 3.73. The molecule has 0 aliphatic carbocycles. The second-order valence-corrected chi connectivity index (χ2v) is 7.66. The van der Waals surface area contributed by atoms with Crippen molar-refractivity contribution >= 4 is 23.7 Å². The third kappa shape index (κ3) is 6.81. The normalized spacial score (nSPS) is 13.4. The van der Waals surface area contributed by atoms with Gasteiger partial charge in [-0.3, -0.25) is 0 Å². The number of rotatable bonds is 7. The molecule has 7 nitrogen and oxygen atoms in total. The van der Waals surface area contributed by atoms with Crippen LogP contribution in [0.25, 0.3) is 0 Å². The number of alkyl halides is 3. The van der Waals surface area contributed by atoms with E-state index >= 15 is 0 Å². The number of carbonyl (C=O) groups is 2. The van der Waals surface area contributed by atoms with Gasteiger partial charge in [-0.1, -0.05) is 17.7 Å². The first-order valence-electron chi connectivity index (χ1n) is 9.66. The van der Waals surface area contributed by atoms with E-state index < -0.39 is 42.1 Å². The molecule has 0 saturated heterocycles. The molecule has 0 aliphatic rings. The van der Waals surface area contributed by atoms with E-state index in [0.717, 1.165) is 17.0 Å². The number of halogens is 4. The van der Waals surface area contributed by atoms with Crippen molar-refractivity contribution in [2.24, 2.45) is 0 Å². The topological polar surface area (TPSA) is 81.6 Å². The summed E-state index contributed by atoms with van der Waals surface area (Å²) in [6.45, 7) is 4.87. The first kappa shape index (κ1) is 25.4. The third-order valence-corrected chi connectivity index (χ3v) is 4.82. The Bertz CT molecular complexity index is 942. The van der Waals surface area contributed by atoms with Crippen LogP contribution in [0, 0.1) is 0 Å². The highest BCUT2D eigenvalue weighted by Gasteiger charge is 2.33. The lowest BCUT2D eigenvalue weighted by molar-refractivity contribution is -0.158. The van der Waals surface area contributed by atoms with Crippen LogP contribution in [0.1, 0.15) is 43.8 Å². The molecule has 1 amide bonds. The van der Waals surface area contributed by atoms with Gasteiger partial charge < -0.3 is 14.4 Å². The fraction of sp³-hybridized carbons (Fsp3) is 0.429. The van der Waals surface area contributed by atoms with E-state index in [0.29, 0.717) is 0 Å². The van der Waals surface area contributed by atoms with Gasteiger partial charge in [0.05, 0.1) is 24.1 Å². The molecule has 1 heterocycles. The minimum Gasteiger partial charge on any atom is -0.460 e. The number of ether oxygens (including phenoxy) is 2. The Morgan fingerprint density at radius 1 is 1.12 bits per heavy atom. The highest BCUT2D eigenvalue weighted by Crippen LogP contribution is 2.35. The molecule has 0 radical (unpaired) electrons. The number of hydrogen-bond donors (Lipinski definition) is 0. The first-order valence-corrected chi connectivity index (χ1v) is 10.0. The second kappa shape index (κ2) is 10.6. The Labute approximate surface area is 188 Å². The number of hydrogen-bond acceptors (Lipinski definition) is 6. The molecule has 0 unspecified atom stereocenters. The number of carbonyl (C=O) groups excluding carboxylic acids is 2. The van der Waals surface area contributed by atoms with E-state index in [4.69, 9.17) is 21.1 Å². The number of aromatic nitrogens is 2. The van der Waals surface area contributed by atoms with Crippen LogP contribution in [-0.4, -0.2) is 46.2 Å². The average molecular weight is 474 g/mol. The highest BCUT2D eigenvalue weighted by molar-refractivity contribution is 6.31. The zero-order valence-corrected chi connectivity index (χ0v) is 18.6. The van der Waals surface area contributed by atoms with Crippen molar-refractivity contribution in [3.05, 3.63) is 58.6 Å². The minimum atomic E-state index is -4.54. The van der Waals surface area contributed by atoms with Crippen LogP contribution in [0.3, 0.4) is 0 Å². The van der Waals surface area contributed by atoms with Crippen molar-refractivity contribution in [2.45, 2.75) is 51.6 Å². The lowest BCUT2D eigenvalue weighted by atomic mass is 10.0. The molecule has 0 N–H and O–H groups in total. The summed E-state index contributed by atoms with van der Waals surface area (Å²) < 4.78 is 49.1. The maximum Gasteiger partial charge on any atom is 0.416 e. The predicted molar refractivity (Wildman–Crippen MR) is 110 cm³/mol. The SMILES string of the molecule is CC(C)OC(=O)[C@@H](Cc1ncccn1)OC(=O)N(C)[C@@H](C)c1ccc(C(F)(F)F)cc1Cl. The van der Waals surface area contributed by atoms with E-state index in [1.165, 1.54) is 25.5 Å². The Morgan fingerprint density at radius 3 is 2.28 bits per heavy atom. The molecule has 1 aromatic carbocycles. The molecule has 0 fully saturated rings. The fourth-order valence-electron chi connectivity index (χ4n) is 2.70. The summed E-state index contributed by atoms with van der Waals surface area (Å²) in [5.41, 5.74) is -0.616. The zero-order chi connectivity index (χ0) is 24.1. The van der Waals surface area contributed by atoms with Crippen molar-refractivity contribution in [3.8, 4) is 0 Å². The van der Waals surface area contributed by atoms with E-state index in [9.17, 15) is 22.8 Å². The maximum absolute atomic E-state index is 12.9. The quantitative estimate of drug-likeness (QED) is 0.535. The van der Waals surface area contributed by atoms with Crippen molar-refractivity contribution in [3.63, 3.8) is 0 Å². The standard InChI is InChI=1S/C21H23ClF3N3O4/c1-12(2)31-19(29)17(11-18-26-8-5-9-27-18)32-20(30)28(4)13(3)15-7-6-14(10-16(15)22)21(23,24)25/h5-10,12-13,17H,11H2,1-4H3/t13-,17+/m0/s1. The summed E-state index contributed by atoms with van der Waals surface area (Å²) in [7, 11) is 1.38. The molecule has 2 atom stereocenters. The summed E-state index contributed by atoms with van der Waals surface area (Å²) in [5, 5.41) is -0.152. The average Bonchev–Trinajstić information content (AvgIpc) is 2.71. The van der Waals surface area contributed by atoms with Crippen LogP contribution in [0.4, 0.5) is 18.0 Å². The Kier molecular flexibility index (Phi) is 8.43. The zero-order valence-electron chi connectivity index (χ0n) is 17.9. The monoisotopic (exact) mass is 473 g/mol. The molecule has 0 saturated carbocycles. The largest absolute Gasteiger partial charge is 0.460 e. The second-order valence-electron chi connectivity index (χ2n) is 7.25. The van der Waals surface area contributed by atoms with Gasteiger partial charge in [-0.15, -0.1) is 0 Å². The molecule has 2 aromatic rings. The highest BCUT2D eigenvalue weighted by atomic mass is 35.5. The minimum absolute atomic E-state index is 0.110. The van der Waals surface area contributed by atoms with Crippen LogP contribution < -0.4 is 0 Å². The smallest absolute Gasteiger partial charge is 0.416 e. The van der Waals surface area contributed by atoms with Crippen LogP contribution >= 0.6 is 11.6 Å². The van der Waals surface area contributed by atoms with Crippen LogP contribution in [0.5, 0.6) is 0 Å². The Morgan fingerprint density at radius 2 is 1.75 bits per heavy atom. The van der Waals surface area contributed by atoms with Crippen LogP contribution in [-0.2, 0) is 26.9 Å². The van der Waals surface area contributed by atoms with Crippen molar-refractivity contribution in [2.75, 3.05) is 7.05 Å². The molecule has 0 aliphatic heterocycles. The number of esters is 1. The summed E-state index contributed by atoms with van der Waals surface area (Å²) in [4.78, 5) is 34.3. The van der Waals surface area contributed by atoms with Crippen LogP contribution in [0.2, 0.25) is 5.02 Å². The fourth-order valence-corrected chi connectivity index (χ4v) is 3.03. The van der Waals surface area contributed by atoms with E-state index in [1.54, 1.807) is 26.8 Å². The van der Waals surface area contributed by atoms with Gasteiger partial charge in [0.25, 0.3) is 0 Å². The van der Waals surface area contributed by atoms with Crippen molar-refractivity contribution in [1.82, 2.24) is 14.9 Å². The van der Waals surface area contributed by atoms with Gasteiger partial charge in [0.1, 0.15) is 5.82 Å². The Hall–Kier alpha value is -2.88. The molecular formula is C21H23ClF3N3O4. The lowest BCUT2D eigenvalue weighted by Crippen LogP contribution is -2.39. The molecule has 2 rings (SSSR count). The van der Waals surface area contributed by atoms with Gasteiger partial charge in [0.15, 0.2) is 0 Å². The van der Waals surface area contributed by atoms with Crippen molar-refractivity contribution < 1.29 is 32.2 Å². The predicted octanol–water partition coefficient (Wildman–Crippen LogP) is 4.84. The molecule has 11 heteroatoms. The van der Waals surface area contributed by atoms with E-state index in [2.05, 4.69) is 9.97 Å². The third-order valence-electron chi connectivity index (χ3n) is 4.49.